The van der Waals surface area contributed by atoms with Gasteiger partial charge in [0.2, 0.25) is 10.0 Å². The van der Waals surface area contributed by atoms with E-state index in [0.29, 0.717) is 47.0 Å². The summed E-state index contributed by atoms with van der Waals surface area (Å²) in [7, 11) is -5.78. The maximum absolute atomic E-state index is 14.5. The van der Waals surface area contributed by atoms with E-state index < -0.39 is 43.5 Å². The number of carbonyl (C=O) groups excluding carboxylic acids is 2. The van der Waals surface area contributed by atoms with Crippen LogP contribution in [0.2, 0.25) is 0 Å². The molecule has 0 aliphatic carbocycles. The largest absolute Gasteiger partial charge is 0.497 e. The Balaban J connectivity index is 1.40. The Kier molecular flexibility index (Phi) is 9.40. The molecular formula is C37H33N5O8S2. The first kappa shape index (κ1) is 35.0. The van der Waals surface area contributed by atoms with Gasteiger partial charge in [0.25, 0.3) is 11.8 Å². The highest BCUT2D eigenvalue weighted by molar-refractivity contribution is 7.91. The molecule has 1 atom stereocenters. The Morgan fingerprint density at radius 1 is 0.942 bits per heavy atom. The van der Waals surface area contributed by atoms with Crippen LogP contribution in [0.25, 0.3) is 28.6 Å². The number of imide groups is 1. The van der Waals surface area contributed by atoms with Gasteiger partial charge in [-0.05, 0) is 54.5 Å². The smallest absolute Gasteiger partial charge is 0.272 e. The van der Waals surface area contributed by atoms with Crippen LogP contribution in [0.1, 0.15) is 17.5 Å². The van der Waals surface area contributed by atoms with Crippen molar-refractivity contribution in [2.45, 2.75) is 17.4 Å². The molecule has 2 fully saturated rings. The highest BCUT2D eigenvalue weighted by Crippen LogP contribution is 2.39. The first-order valence-corrected chi connectivity index (χ1v) is 19.7. The molecule has 0 radical (unpaired) electrons. The summed E-state index contributed by atoms with van der Waals surface area (Å²) in [6.07, 6.45) is 3.30. The quantitative estimate of drug-likeness (QED) is 0.193. The molecule has 15 heteroatoms. The van der Waals surface area contributed by atoms with Crippen LogP contribution in [0.15, 0.2) is 101 Å². The van der Waals surface area contributed by atoms with Gasteiger partial charge in [-0.25, -0.2) is 21.5 Å². The average Bonchev–Trinajstić information content (AvgIpc) is 3.76. The Bertz CT molecular complexity index is 2370. The molecule has 0 spiro atoms. The SMILES string of the molecule is COc1ccc(C2=C(C#N)C(=O)N(C3CCS(=O)(=O)C3)C(=O)/C2=C\c2cn(-c3ccccc3)nc2-c2ccc(S(=O)(=O)N3CCOCC3)cc2)cc1. The Hall–Kier alpha value is -5.40. The third-order valence-corrected chi connectivity index (χ3v) is 12.9. The molecule has 2 saturated heterocycles. The third kappa shape index (κ3) is 6.57. The van der Waals surface area contributed by atoms with Crippen LogP contribution in [0.4, 0.5) is 0 Å². The van der Waals surface area contributed by atoms with Crippen molar-refractivity contribution >= 4 is 43.3 Å². The molecule has 3 aromatic carbocycles. The second-order valence-corrected chi connectivity index (χ2v) is 16.6. The number of amides is 2. The molecule has 266 valence electrons. The van der Waals surface area contributed by atoms with Gasteiger partial charge in [0.15, 0.2) is 9.84 Å². The monoisotopic (exact) mass is 739 g/mol. The summed E-state index contributed by atoms with van der Waals surface area (Å²) in [6, 6.07) is 23.1. The summed E-state index contributed by atoms with van der Waals surface area (Å²) in [5, 5.41) is 15.2. The summed E-state index contributed by atoms with van der Waals surface area (Å²) < 4.78 is 65.3. The number of para-hydroxylation sites is 1. The van der Waals surface area contributed by atoms with Crippen molar-refractivity contribution in [1.29, 1.82) is 5.26 Å². The fourth-order valence-electron chi connectivity index (χ4n) is 6.60. The van der Waals surface area contributed by atoms with E-state index in [0.717, 1.165) is 4.90 Å². The van der Waals surface area contributed by atoms with Crippen LogP contribution in [0.3, 0.4) is 0 Å². The maximum Gasteiger partial charge on any atom is 0.272 e. The van der Waals surface area contributed by atoms with Crippen LogP contribution in [0.5, 0.6) is 5.75 Å². The molecule has 1 aromatic heterocycles. The van der Waals surface area contributed by atoms with Gasteiger partial charge in [-0.1, -0.05) is 42.5 Å². The maximum atomic E-state index is 14.5. The predicted octanol–water partition coefficient (Wildman–Crippen LogP) is 3.49. The summed E-state index contributed by atoms with van der Waals surface area (Å²) in [4.78, 5) is 29.4. The van der Waals surface area contributed by atoms with Gasteiger partial charge in [0.05, 0.1) is 59.7 Å². The Morgan fingerprint density at radius 2 is 1.62 bits per heavy atom. The second-order valence-electron chi connectivity index (χ2n) is 12.4. The molecule has 2 amide bonds. The number of sulfone groups is 1. The number of morpholine rings is 1. The minimum atomic E-state index is -3.77. The fourth-order valence-corrected chi connectivity index (χ4v) is 9.71. The number of aromatic nitrogens is 2. The number of methoxy groups -OCH3 is 1. The summed E-state index contributed by atoms with van der Waals surface area (Å²) >= 11 is 0. The standard InChI is InChI=1S/C37H33N5O8S2/c1-49-30-11-7-25(8-12-30)34-32(36(43)42(37(44)33(34)22-38)29-15-20-51(45,46)24-29)21-27-23-41(28-5-3-2-4-6-28)39-35(27)26-9-13-31(14-10-26)52(47,48)40-16-18-50-19-17-40/h2-14,21,23,29H,15-20,24H2,1H3/b32-21-. The van der Waals surface area contributed by atoms with E-state index in [4.69, 9.17) is 14.6 Å². The van der Waals surface area contributed by atoms with E-state index >= 15 is 0 Å². The van der Waals surface area contributed by atoms with Gasteiger partial charge in [-0.15, -0.1) is 0 Å². The number of hydrogen-bond donors (Lipinski definition) is 0. The summed E-state index contributed by atoms with van der Waals surface area (Å²) in [6.45, 7) is 1.12. The molecule has 7 rings (SSSR count). The minimum absolute atomic E-state index is 0.00834. The van der Waals surface area contributed by atoms with Crippen LogP contribution < -0.4 is 4.74 Å². The number of sulfonamides is 1. The number of hydrogen-bond acceptors (Lipinski definition) is 10. The van der Waals surface area contributed by atoms with Crippen molar-refractivity contribution < 1.29 is 35.9 Å². The molecule has 3 aliphatic heterocycles. The Labute approximate surface area is 301 Å². The number of nitrogens with zero attached hydrogens (tertiary/aromatic N) is 5. The predicted molar refractivity (Wildman–Crippen MR) is 191 cm³/mol. The molecule has 52 heavy (non-hydrogen) atoms. The van der Waals surface area contributed by atoms with Gasteiger partial charge in [0.1, 0.15) is 17.4 Å². The van der Waals surface area contributed by atoms with E-state index in [-0.39, 0.29) is 46.9 Å². The Morgan fingerprint density at radius 3 is 2.23 bits per heavy atom. The van der Waals surface area contributed by atoms with E-state index in [1.165, 1.54) is 23.5 Å². The van der Waals surface area contributed by atoms with E-state index in [2.05, 4.69) is 0 Å². The highest BCUT2D eigenvalue weighted by Gasteiger charge is 2.45. The molecule has 4 aromatic rings. The molecule has 0 N–H and O–H groups in total. The van der Waals surface area contributed by atoms with Crippen LogP contribution in [0, 0.1) is 11.3 Å². The van der Waals surface area contributed by atoms with Crippen molar-refractivity contribution in [2.75, 3.05) is 44.9 Å². The lowest BCUT2D eigenvalue weighted by molar-refractivity contribution is -0.142. The van der Waals surface area contributed by atoms with Gasteiger partial charge in [0, 0.05) is 36.0 Å². The first-order chi connectivity index (χ1) is 25.0. The zero-order chi connectivity index (χ0) is 36.6. The summed E-state index contributed by atoms with van der Waals surface area (Å²) in [5.41, 5.74) is 2.22. The van der Waals surface area contributed by atoms with E-state index in [1.807, 2.05) is 36.4 Å². The normalized spacial score (nSPS) is 20.3. The van der Waals surface area contributed by atoms with Gasteiger partial charge in [-0.2, -0.15) is 14.7 Å². The van der Waals surface area contributed by atoms with Crippen LogP contribution >= 0.6 is 0 Å². The second kappa shape index (κ2) is 14.0. The molecule has 0 bridgehead atoms. The lowest BCUT2D eigenvalue weighted by Crippen LogP contribution is -2.49. The zero-order valence-corrected chi connectivity index (χ0v) is 29.6. The molecule has 13 nitrogen and oxygen atoms in total. The zero-order valence-electron chi connectivity index (χ0n) is 28.0. The van der Waals surface area contributed by atoms with Crippen LogP contribution in [-0.4, -0.2) is 98.6 Å². The van der Waals surface area contributed by atoms with Crippen LogP contribution in [-0.2, 0) is 34.2 Å². The lowest BCUT2D eigenvalue weighted by atomic mass is 9.86. The fraction of sp³-hybridized carbons (Fsp3) is 0.243. The van der Waals surface area contributed by atoms with Crippen molar-refractivity contribution in [3.63, 3.8) is 0 Å². The first-order valence-electron chi connectivity index (χ1n) is 16.4. The number of carbonyl (C=O) groups is 2. The average molecular weight is 740 g/mol. The van der Waals surface area contributed by atoms with Crippen molar-refractivity contribution in [3.8, 4) is 28.8 Å². The van der Waals surface area contributed by atoms with E-state index in [9.17, 15) is 31.7 Å². The van der Waals surface area contributed by atoms with Gasteiger partial charge < -0.3 is 9.47 Å². The van der Waals surface area contributed by atoms with Crippen molar-refractivity contribution in [3.05, 3.63) is 107 Å². The number of ether oxygens (including phenoxy) is 2. The number of nitriles is 1. The molecule has 3 aliphatic rings. The van der Waals surface area contributed by atoms with Gasteiger partial charge in [-0.3, -0.25) is 14.5 Å². The molecule has 1 unspecified atom stereocenters. The van der Waals surface area contributed by atoms with Gasteiger partial charge >= 0.3 is 0 Å². The molecule has 4 heterocycles. The highest BCUT2D eigenvalue weighted by atomic mass is 32.2. The topological polar surface area (TPSA) is 169 Å². The third-order valence-electron chi connectivity index (χ3n) is 9.26. The van der Waals surface area contributed by atoms with E-state index in [1.54, 1.807) is 53.4 Å². The number of benzene rings is 3. The van der Waals surface area contributed by atoms with Crippen molar-refractivity contribution in [1.82, 2.24) is 19.0 Å². The molecular weight excluding hydrogens is 707 g/mol. The number of rotatable bonds is 8. The lowest BCUT2D eigenvalue weighted by Gasteiger charge is -2.32. The summed E-state index contributed by atoms with van der Waals surface area (Å²) in [5.74, 6) is -1.68. The van der Waals surface area contributed by atoms with Crippen molar-refractivity contribution in [2.24, 2.45) is 0 Å². The molecule has 0 saturated carbocycles. The minimum Gasteiger partial charge on any atom is -0.497 e.